The van der Waals surface area contributed by atoms with Crippen LogP contribution >= 0.6 is 0 Å². The molecular weight excluding hydrogens is 445 g/mol. The second-order valence-corrected chi connectivity index (χ2v) is 5.69. The minimum absolute atomic E-state index is 0. The van der Waals surface area contributed by atoms with Gasteiger partial charge >= 0.3 is 0 Å². The molecular formula is C17H36HfNO3-. The van der Waals surface area contributed by atoms with Gasteiger partial charge in [-0.2, -0.15) is 11.4 Å². The zero-order chi connectivity index (χ0) is 17.7. The molecule has 0 unspecified atom stereocenters. The SMILES string of the molecule is CCC(C)(C)c1ccc(C(C)(C)CC)[n-]1.CO.CO.CO.[Hf]. The van der Waals surface area contributed by atoms with Crippen LogP contribution in [0.3, 0.4) is 0 Å². The minimum atomic E-state index is 0. The summed E-state index contributed by atoms with van der Waals surface area (Å²) in [5.41, 5.74) is 2.90. The summed E-state index contributed by atoms with van der Waals surface area (Å²) >= 11 is 0. The van der Waals surface area contributed by atoms with E-state index in [0.29, 0.717) is 0 Å². The van der Waals surface area contributed by atoms with Crippen molar-refractivity contribution in [1.29, 1.82) is 0 Å². The Balaban J connectivity index is -0.000000206. The summed E-state index contributed by atoms with van der Waals surface area (Å²) in [6.07, 6.45) is 2.27. The van der Waals surface area contributed by atoms with Crippen LogP contribution in [0.1, 0.15) is 65.8 Å². The monoisotopic (exact) mass is 482 g/mol. The number of aromatic nitrogens is 1. The maximum atomic E-state index is 7.00. The number of aliphatic hydroxyl groups excluding tert-OH is 3. The van der Waals surface area contributed by atoms with E-state index in [9.17, 15) is 0 Å². The molecule has 0 radical (unpaired) electrons. The quantitative estimate of drug-likeness (QED) is 0.579. The average molecular weight is 481 g/mol. The summed E-state index contributed by atoms with van der Waals surface area (Å²) in [7, 11) is 3.00. The van der Waals surface area contributed by atoms with Gasteiger partial charge in [-0.1, -0.05) is 53.7 Å². The van der Waals surface area contributed by atoms with Gasteiger partial charge < -0.3 is 20.3 Å². The smallest absolute Gasteiger partial charge is 0.0319 e. The molecule has 1 aromatic heterocycles. The third-order valence-electron chi connectivity index (χ3n) is 3.79. The molecule has 1 rings (SSSR count). The van der Waals surface area contributed by atoms with Crippen molar-refractivity contribution in [3.8, 4) is 0 Å². The number of hydrogen-bond acceptors (Lipinski definition) is 3. The van der Waals surface area contributed by atoms with Crippen LogP contribution in [-0.4, -0.2) is 36.6 Å². The predicted molar refractivity (Wildman–Crippen MR) is 90.8 cm³/mol. The van der Waals surface area contributed by atoms with E-state index in [0.717, 1.165) is 34.2 Å². The van der Waals surface area contributed by atoms with Crippen LogP contribution in [0.2, 0.25) is 0 Å². The van der Waals surface area contributed by atoms with Crippen molar-refractivity contribution in [1.82, 2.24) is 4.98 Å². The van der Waals surface area contributed by atoms with E-state index < -0.39 is 0 Å². The standard InChI is InChI=1S/C14H24N.3CH4O.Hf/c1-7-13(3,4)11-9-10-12(15-11)14(5,6)8-2;3*1-2;/h9-10H,7-8H2,1-6H3;3*2H,1H3;/q-1;;;;. The Hall–Kier alpha value is 0.0301. The Morgan fingerprint density at radius 3 is 1.14 bits per heavy atom. The Morgan fingerprint density at radius 1 is 0.727 bits per heavy atom. The summed E-state index contributed by atoms with van der Waals surface area (Å²) in [6, 6.07) is 4.38. The summed E-state index contributed by atoms with van der Waals surface area (Å²) < 4.78 is 0. The molecule has 22 heavy (non-hydrogen) atoms. The van der Waals surface area contributed by atoms with Crippen LogP contribution in [0, 0.1) is 0 Å². The Kier molecular flexibility index (Phi) is 21.7. The van der Waals surface area contributed by atoms with Crippen LogP contribution in [0.15, 0.2) is 12.1 Å². The van der Waals surface area contributed by atoms with E-state index >= 15 is 0 Å². The third kappa shape index (κ3) is 9.93. The molecule has 0 bridgehead atoms. The molecule has 132 valence electrons. The van der Waals surface area contributed by atoms with Crippen LogP contribution in [0.5, 0.6) is 0 Å². The van der Waals surface area contributed by atoms with Crippen molar-refractivity contribution in [3.63, 3.8) is 0 Å². The van der Waals surface area contributed by atoms with Crippen molar-refractivity contribution in [2.45, 2.75) is 65.2 Å². The maximum Gasteiger partial charge on any atom is 0.0319 e. The van der Waals surface area contributed by atoms with Crippen LogP contribution < -0.4 is 4.98 Å². The van der Waals surface area contributed by atoms with Gasteiger partial charge in [0.25, 0.3) is 0 Å². The van der Waals surface area contributed by atoms with E-state index in [1.807, 2.05) is 0 Å². The first-order valence-corrected chi connectivity index (χ1v) is 7.32. The number of rotatable bonds is 4. The second kappa shape index (κ2) is 15.9. The fraction of sp³-hybridized carbons (Fsp3) is 0.765. The van der Waals surface area contributed by atoms with Crippen LogP contribution in [0.4, 0.5) is 0 Å². The Morgan fingerprint density at radius 2 is 0.955 bits per heavy atom. The molecule has 0 aliphatic heterocycles. The zero-order valence-electron chi connectivity index (χ0n) is 15.9. The Labute approximate surface area is 156 Å². The molecule has 1 heterocycles. The van der Waals surface area contributed by atoms with Crippen molar-refractivity contribution in [2.24, 2.45) is 0 Å². The maximum absolute atomic E-state index is 7.00. The molecule has 5 heteroatoms. The molecule has 0 saturated carbocycles. The van der Waals surface area contributed by atoms with Crippen molar-refractivity contribution < 1.29 is 41.2 Å². The number of nitrogens with zero attached hydrogens (tertiary/aromatic N) is 1. The summed E-state index contributed by atoms with van der Waals surface area (Å²) in [5, 5.41) is 21.0. The van der Waals surface area contributed by atoms with Gasteiger partial charge in [-0.3, -0.25) is 0 Å². The van der Waals surface area contributed by atoms with Crippen LogP contribution in [-0.2, 0) is 36.7 Å². The van der Waals surface area contributed by atoms with E-state index in [1.165, 1.54) is 11.4 Å². The van der Waals surface area contributed by atoms with Gasteiger partial charge in [0.15, 0.2) is 0 Å². The van der Waals surface area contributed by atoms with Gasteiger partial charge in [0, 0.05) is 47.2 Å². The molecule has 0 amide bonds. The molecule has 0 atom stereocenters. The summed E-state index contributed by atoms with van der Waals surface area (Å²) in [5.74, 6) is 0. The van der Waals surface area contributed by atoms with Crippen molar-refractivity contribution >= 4 is 0 Å². The van der Waals surface area contributed by atoms with E-state index in [-0.39, 0.29) is 36.7 Å². The summed E-state index contributed by atoms with van der Waals surface area (Å²) in [4.78, 5) is 4.80. The molecule has 0 aliphatic carbocycles. The van der Waals surface area contributed by atoms with Gasteiger partial charge in [-0.25, -0.2) is 0 Å². The molecule has 0 aliphatic rings. The summed E-state index contributed by atoms with van der Waals surface area (Å²) in [6.45, 7) is 13.5. The molecule has 0 spiro atoms. The minimum Gasteiger partial charge on any atom is -0.664 e. The van der Waals surface area contributed by atoms with Crippen molar-refractivity contribution in [2.75, 3.05) is 21.3 Å². The van der Waals surface area contributed by atoms with Gasteiger partial charge in [0.1, 0.15) is 0 Å². The first-order valence-electron chi connectivity index (χ1n) is 7.32. The van der Waals surface area contributed by atoms with Gasteiger partial charge in [0.05, 0.1) is 0 Å². The molecule has 0 aromatic carbocycles. The van der Waals surface area contributed by atoms with Crippen LogP contribution in [0.25, 0.3) is 0 Å². The fourth-order valence-corrected chi connectivity index (χ4v) is 1.48. The average Bonchev–Trinajstić information content (AvgIpc) is 3.05. The molecule has 0 saturated heterocycles. The van der Waals surface area contributed by atoms with Gasteiger partial charge in [-0.15, -0.1) is 0 Å². The largest absolute Gasteiger partial charge is 0.664 e. The van der Waals surface area contributed by atoms with E-state index in [2.05, 4.69) is 53.7 Å². The number of aliphatic hydroxyl groups is 3. The molecule has 1 aromatic rings. The second-order valence-electron chi connectivity index (χ2n) is 5.69. The zero-order valence-corrected chi connectivity index (χ0v) is 19.5. The first-order chi connectivity index (χ1) is 9.83. The van der Waals surface area contributed by atoms with E-state index in [4.69, 9.17) is 20.3 Å². The number of hydrogen-bond donors (Lipinski definition) is 3. The van der Waals surface area contributed by atoms with Gasteiger partial charge in [0.2, 0.25) is 0 Å². The predicted octanol–water partition coefficient (Wildman–Crippen LogP) is 2.84. The van der Waals surface area contributed by atoms with Gasteiger partial charge in [-0.05, 0) is 23.7 Å². The third-order valence-corrected chi connectivity index (χ3v) is 3.79. The molecule has 4 nitrogen and oxygen atoms in total. The van der Waals surface area contributed by atoms with E-state index in [1.54, 1.807) is 0 Å². The topological polar surface area (TPSA) is 74.8 Å². The first kappa shape index (κ1) is 30.0. The molecule has 0 fully saturated rings. The fourth-order valence-electron chi connectivity index (χ4n) is 1.48. The molecule has 3 N–H and O–H groups in total. The normalized spacial score (nSPS) is 9.82. The Bertz CT molecular complexity index is 306. The van der Waals surface area contributed by atoms with Crippen molar-refractivity contribution in [3.05, 3.63) is 23.5 Å².